The molecule has 0 aliphatic rings. The number of hydrogen-bond acceptors (Lipinski definition) is 2. The molecule has 1 unspecified atom stereocenters. The fraction of sp³-hybridized carbons (Fsp3) is 0.263. The molecule has 0 aliphatic carbocycles. The van der Waals surface area contributed by atoms with Crippen molar-refractivity contribution in [1.82, 2.24) is 10.6 Å². The van der Waals surface area contributed by atoms with Gasteiger partial charge in [-0.15, -0.1) is 0 Å². The van der Waals surface area contributed by atoms with Crippen LogP contribution in [0.2, 0.25) is 0 Å². The lowest BCUT2D eigenvalue weighted by Crippen LogP contribution is -2.49. The lowest BCUT2D eigenvalue weighted by atomic mass is 10.0. The Morgan fingerprint density at radius 1 is 1.04 bits per heavy atom. The summed E-state index contributed by atoms with van der Waals surface area (Å²) >= 11 is 3.30. The van der Waals surface area contributed by atoms with Gasteiger partial charge in [-0.05, 0) is 53.9 Å². The van der Waals surface area contributed by atoms with Crippen molar-refractivity contribution in [2.24, 2.45) is 5.92 Å². The second-order valence-electron chi connectivity index (χ2n) is 6.16. The molecule has 0 spiro atoms. The summed E-state index contributed by atoms with van der Waals surface area (Å²) in [6.07, 6.45) is 0. The van der Waals surface area contributed by atoms with E-state index in [1.54, 1.807) is 19.9 Å². The van der Waals surface area contributed by atoms with Crippen LogP contribution in [0.1, 0.15) is 29.8 Å². The van der Waals surface area contributed by atoms with Gasteiger partial charge in [-0.1, -0.05) is 29.8 Å². The highest BCUT2D eigenvalue weighted by Gasteiger charge is 2.24. The summed E-state index contributed by atoms with van der Waals surface area (Å²) in [5.41, 5.74) is 0.850. The van der Waals surface area contributed by atoms with Crippen LogP contribution in [0.4, 0.5) is 8.78 Å². The Balaban J connectivity index is 2.03. The maximum Gasteiger partial charge on any atom is 0.251 e. The molecule has 26 heavy (non-hydrogen) atoms. The molecule has 0 aromatic heterocycles. The van der Waals surface area contributed by atoms with Gasteiger partial charge in [0.2, 0.25) is 5.91 Å². The van der Waals surface area contributed by atoms with Crippen molar-refractivity contribution in [2.45, 2.75) is 26.4 Å². The van der Waals surface area contributed by atoms with E-state index in [-0.39, 0.29) is 23.9 Å². The van der Waals surface area contributed by atoms with Crippen LogP contribution in [0.3, 0.4) is 0 Å². The minimum atomic E-state index is -0.778. The molecule has 138 valence electrons. The lowest BCUT2D eigenvalue weighted by Gasteiger charge is -2.22. The Morgan fingerprint density at radius 3 is 2.27 bits per heavy atom. The number of nitrogens with one attached hydrogen (secondary N) is 2. The second kappa shape index (κ2) is 8.89. The third kappa shape index (κ3) is 5.36. The molecule has 0 bridgehead atoms. The lowest BCUT2D eigenvalue weighted by molar-refractivity contribution is -0.124. The largest absolute Gasteiger partial charge is 0.350 e. The van der Waals surface area contributed by atoms with Crippen molar-refractivity contribution in [3.63, 3.8) is 0 Å². The van der Waals surface area contributed by atoms with Crippen molar-refractivity contribution in [3.05, 3.63) is 69.7 Å². The van der Waals surface area contributed by atoms with Gasteiger partial charge in [-0.3, -0.25) is 9.59 Å². The molecule has 0 saturated carbocycles. The van der Waals surface area contributed by atoms with Gasteiger partial charge < -0.3 is 10.6 Å². The Kier molecular flexibility index (Phi) is 6.85. The summed E-state index contributed by atoms with van der Waals surface area (Å²) in [6, 6.07) is 8.49. The highest BCUT2D eigenvalue weighted by atomic mass is 79.9. The average Bonchev–Trinajstić information content (AvgIpc) is 2.60. The molecule has 7 heteroatoms. The summed E-state index contributed by atoms with van der Waals surface area (Å²) in [4.78, 5) is 24.8. The van der Waals surface area contributed by atoms with E-state index in [1.807, 2.05) is 0 Å². The van der Waals surface area contributed by atoms with E-state index in [2.05, 4.69) is 26.6 Å². The topological polar surface area (TPSA) is 58.2 Å². The van der Waals surface area contributed by atoms with Crippen molar-refractivity contribution in [1.29, 1.82) is 0 Å². The van der Waals surface area contributed by atoms with Crippen LogP contribution in [-0.4, -0.2) is 17.9 Å². The van der Waals surface area contributed by atoms with Crippen molar-refractivity contribution < 1.29 is 18.4 Å². The molecule has 4 nitrogen and oxygen atoms in total. The first-order valence-corrected chi connectivity index (χ1v) is 8.85. The first-order chi connectivity index (χ1) is 12.3. The van der Waals surface area contributed by atoms with Crippen molar-refractivity contribution >= 4 is 27.7 Å². The van der Waals surface area contributed by atoms with Crippen LogP contribution in [-0.2, 0) is 11.3 Å². The Labute approximate surface area is 159 Å². The Morgan fingerprint density at radius 2 is 1.65 bits per heavy atom. The Hall–Kier alpha value is -2.28. The molecule has 0 fully saturated rings. The van der Waals surface area contributed by atoms with Gasteiger partial charge in [-0.25, -0.2) is 8.78 Å². The highest BCUT2D eigenvalue weighted by Crippen LogP contribution is 2.17. The normalized spacial score (nSPS) is 11.9. The molecule has 0 radical (unpaired) electrons. The standard InChI is InChI=1S/C19H19BrF2N2O2/c1-11(2)17(24-18(25)12-3-5-14(21)6-4-12)19(26)23-10-13-9-15(22)7-8-16(13)20/h3-9,11,17H,10H2,1-2H3,(H,23,26)(H,24,25). The molecule has 0 heterocycles. The number of amides is 2. The maximum atomic E-state index is 13.3. The number of rotatable bonds is 6. The molecule has 0 aliphatic heterocycles. The van der Waals surface area contributed by atoms with Gasteiger partial charge in [0, 0.05) is 16.6 Å². The molecule has 0 saturated heterocycles. The van der Waals surface area contributed by atoms with Crippen LogP contribution in [0.15, 0.2) is 46.9 Å². The number of halogens is 3. The zero-order valence-corrected chi connectivity index (χ0v) is 15.9. The van der Waals surface area contributed by atoms with E-state index in [1.165, 1.54) is 36.4 Å². The average molecular weight is 425 g/mol. The van der Waals surface area contributed by atoms with Gasteiger partial charge in [0.25, 0.3) is 5.91 Å². The number of hydrogen-bond donors (Lipinski definition) is 2. The van der Waals surface area contributed by atoms with Gasteiger partial charge in [0.15, 0.2) is 0 Å². The van der Waals surface area contributed by atoms with Gasteiger partial charge in [0.1, 0.15) is 17.7 Å². The second-order valence-corrected chi connectivity index (χ2v) is 7.01. The van der Waals surface area contributed by atoms with Gasteiger partial charge in [-0.2, -0.15) is 0 Å². The number of carbonyl (C=O) groups excluding carboxylic acids is 2. The monoisotopic (exact) mass is 424 g/mol. The highest BCUT2D eigenvalue weighted by molar-refractivity contribution is 9.10. The van der Waals surface area contributed by atoms with Crippen LogP contribution in [0, 0.1) is 17.6 Å². The van der Waals surface area contributed by atoms with Gasteiger partial charge in [0.05, 0.1) is 0 Å². The summed E-state index contributed by atoms with van der Waals surface area (Å²) in [6.45, 7) is 3.72. The van der Waals surface area contributed by atoms with Crippen molar-refractivity contribution in [3.8, 4) is 0 Å². The number of carbonyl (C=O) groups is 2. The van der Waals surface area contributed by atoms with E-state index in [9.17, 15) is 18.4 Å². The molecular formula is C19H19BrF2N2O2. The molecule has 2 rings (SSSR count). The third-order valence-electron chi connectivity index (χ3n) is 3.80. The summed E-state index contributed by atoms with van der Waals surface area (Å²) in [7, 11) is 0. The van der Waals surface area contributed by atoms with Crippen LogP contribution in [0.5, 0.6) is 0 Å². The van der Waals surface area contributed by atoms with Crippen LogP contribution >= 0.6 is 15.9 Å². The molecule has 2 N–H and O–H groups in total. The molecule has 2 aromatic rings. The molecule has 1 atom stereocenters. The molecule has 2 amide bonds. The first kappa shape index (κ1) is 20.0. The zero-order valence-electron chi connectivity index (χ0n) is 14.4. The summed E-state index contributed by atoms with van der Waals surface area (Å²) in [5, 5.41) is 5.36. The quantitative estimate of drug-likeness (QED) is 0.740. The third-order valence-corrected chi connectivity index (χ3v) is 4.58. The predicted octanol–water partition coefficient (Wildman–Crippen LogP) is 3.80. The molecular weight excluding hydrogens is 406 g/mol. The van der Waals surface area contributed by atoms with Crippen molar-refractivity contribution in [2.75, 3.05) is 0 Å². The number of benzene rings is 2. The predicted molar refractivity (Wildman–Crippen MR) is 98.4 cm³/mol. The van der Waals surface area contributed by atoms with Gasteiger partial charge >= 0.3 is 0 Å². The van der Waals surface area contributed by atoms with E-state index in [0.717, 1.165) is 0 Å². The van der Waals surface area contributed by atoms with Crippen LogP contribution in [0.25, 0.3) is 0 Å². The fourth-order valence-corrected chi connectivity index (χ4v) is 2.72. The minimum absolute atomic E-state index is 0.118. The Bertz CT molecular complexity index is 795. The smallest absolute Gasteiger partial charge is 0.251 e. The zero-order chi connectivity index (χ0) is 19.3. The van der Waals surface area contributed by atoms with E-state index < -0.39 is 23.6 Å². The van der Waals surface area contributed by atoms with E-state index >= 15 is 0 Å². The maximum absolute atomic E-state index is 13.3. The first-order valence-electron chi connectivity index (χ1n) is 8.06. The van der Waals surface area contributed by atoms with E-state index in [0.29, 0.717) is 10.0 Å². The SMILES string of the molecule is CC(C)C(NC(=O)c1ccc(F)cc1)C(=O)NCc1cc(F)ccc1Br. The van der Waals surface area contributed by atoms with E-state index in [4.69, 9.17) is 0 Å². The fourth-order valence-electron chi connectivity index (χ4n) is 2.33. The summed E-state index contributed by atoms with van der Waals surface area (Å²) < 4.78 is 27.0. The molecule has 2 aromatic carbocycles. The van der Waals surface area contributed by atoms with Crippen LogP contribution < -0.4 is 10.6 Å². The minimum Gasteiger partial charge on any atom is -0.350 e. The summed E-state index contributed by atoms with van der Waals surface area (Å²) in [5.74, 6) is -1.87.